The second-order valence-corrected chi connectivity index (χ2v) is 6.07. The van der Waals surface area contributed by atoms with E-state index in [-0.39, 0.29) is 23.0 Å². The monoisotopic (exact) mass is 300 g/mol. The molecule has 5 nitrogen and oxygen atoms in total. The third-order valence-electron chi connectivity index (χ3n) is 2.10. The minimum atomic E-state index is -3.86. The van der Waals surface area contributed by atoms with Gasteiger partial charge in [-0.3, -0.25) is 0 Å². The highest BCUT2D eigenvalue weighted by Crippen LogP contribution is 2.53. The molecule has 0 amide bonds. The number of hydrogen-bond acceptors (Lipinski definition) is 5. The molecule has 0 saturated carbocycles. The van der Waals surface area contributed by atoms with E-state index in [9.17, 15) is 4.57 Å². The third-order valence-corrected chi connectivity index (χ3v) is 3.37. The first-order chi connectivity index (χ1) is 8.94. The van der Waals surface area contributed by atoms with Crippen molar-refractivity contribution in [2.45, 2.75) is 0 Å². The van der Waals surface area contributed by atoms with E-state index in [1.54, 1.807) is 0 Å². The number of hydrogen-bond donors (Lipinski definition) is 2. The minimum absolute atomic E-state index is 0.0520. The third kappa shape index (κ3) is 4.09. The van der Waals surface area contributed by atoms with Crippen LogP contribution in [-0.4, -0.2) is 10.2 Å². The van der Waals surface area contributed by atoms with Crippen LogP contribution in [0.5, 0.6) is 23.0 Å². The predicted octanol–water partition coefficient (Wildman–Crippen LogP) is 3.90. The van der Waals surface area contributed by atoms with E-state index in [4.69, 9.17) is 30.5 Å². The van der Waals surface area contributed by atoms with E-state index in [0.717, 1.165) is 0 Å². The predicted molar refractivity (Wildman–Crippen MR) is 70.9 cm³/mol. The van der Waals surface area contributed by atoms with Gasteiger partial charge in [0.15, 0.2) is 0 Å². The zero-order valence-electron chi connectivity index (χ0n) is 9.56. The van der Waals surface area contributed by atoms with E-state index in [1.165, 1.54) is 48.5 Å². The van der Waals surface area contributed by atoms with Crippen LogP contribution in [0.15, 0.2) is 48.5 Å². The van der Waals surface area contributed by atoms with Crippen molar-refractivity contribution in [2.75, 3.05) is 0 Å². The van der Waals surface area contributed by atoms with Crippen molar-refractivity contribution < 1.29 is 23.8 Å². The van der Waals surface area contributed by atoms with Crippen LogP contribution in [0.3, 0.4) is 0 Å². The summed E-state index contributed by atoms with van der Waals surface area (Å²) in [6.07, 6.45) is 0. The van der Waals surface area contributed by atoms with Gasteiger partial charge in [-0.25, -0.2) is 4.57 Å². The van der Waals surface area contributed by atoms with E-state index < -0.39 is 6.95 Å². The van der Waals surface area contributed by atoms with E-state index in [0.29, 0.717) is 0 Å². The van der Waals surface area contributed by atoms with Crippen LogP contribution in [0.2, 0.25) is 0 Å². The highest BCUT2D eigenvalue weighted by Gasteiger charge is 2.24. The first-order valence-electron chi connectivity index (χ1n) is 5.21. The molecule has 0 heterocycles. The fourth-order valence-electron chi connectivity index (χ4n) is 1.28. The summed E-state index contributed by atoms with van der Waals surface area (Å²) in [5, 5.41) is 18.2. The van der Waals surface area contributed by atoms with Crippen molar-refractivity contribution in [2.24, 2.45) is 0 Å². The molecule has 2 rings (SSSR count). The molecule has 100 valence electrons. The molecule has 0 radical (unpaired) electrons. The molecule has 0 spiro atoms. The van der Waals surface area contributed by atoms with Crippen molar-refractivity contribution in [3.05, 3.63) is 48.5 Å². The van der Waals surface area contributed by atoms with E-state index in [2.05, 4.69) is 0 Å². The number of benzene rings is 2. The van der Waals surface area contributed by atoms with Crippen LogP contribution < -0.4 is 9.05 Å². The molecule has 0 saturated heterocycles. The van der Waals surface area contributed by atoms with Crippen molar-refractivity contribution in [1.82, 2.24) is 0 Å². The lowest BCUT2D eigenvalue weighted by atomic mass is 10.3. The molecule has 0 aliphatic carbocycles. The van der Waals surface area contributed by atoms with E-state index in [1.807, 2.05) is 0 Å². The Balaban J connectivity index is 2.08. The molecule has 19 heavy (non-hydrogen) atoms. The molecule has 0 unspecified atom stereocenters. The Labute approximate surface area is 114 Å². The Morgan fingerprint density at radius 3 is 1.42 bits per heavy atom. The first-order valence-corrected chi connectivity index (χ1v) is 7.66. The summed E-state index contributed by atoms with van der Waals surface area (Å²) in [5.41, 5.74) is 0. The van der Waals surface area contributed by atoms with Gasteiger partial charge in [0, 0.05) is 11.2 Å². The molecule has 0 fully saturated rings. The lowest BCUT2D eigenvalue weighted by molar-refractivity contribution is 0.404. The van der Waals surface area contributed by atoms with Crippen LogP contribution in [0, 0.1) is 0 Å². The fourth-order valence-corrected chi connectivity index (χ4v) is 2.55. The number of phenolic OH excluding ortho intramolecular Hbond substituents is 2. The van der Waals surface area contributed by atoms with Gasteiger partial charge in [-0.2, -0.15) is 0 Å². The van der Waals surface area contributed by atoms with Gasteiger partial charge in [-0.1, -0.05) is 0 Å². The zero-order chi connectivity index (χ0) is 13.9. The summed E-state index contributed by atoms with van der Waals surface area (Å²) in [4.78, 5) is 0. The van der Waals surface area contributed by atoms with Gasteiger partial charge in [-0.15, -0.1) is 0 Å². The van der Waals surface area contributed by atoms with Gasteiger partial charge in [0.05, 0.1) is 0 Å². The average molecular weight is 301 g/mol. The van der Waals surface area contributed by atoms with E-state index >= 15 is 0 Å². The zero-order valence-corrected chi connectivity index (χ0v) is 11.2. The topological polar surface area (TPSA) is 76.0 Å². The molecule has 0 bridgehead atoms. The maximum absolute atomic E-state index is 11.9. The molecule has 2 N–H and O–H groups in total. The molecule has 0 atom stereocenters. The summed E-state index contributed by atoms with van der Waals surface area (Å²) in [6, 6.07) is 11.1. The number of phenols is 2. The molecule has 7 heteroatoms. The normalized spacial score (nSPS) is 11.0. The molecule has 0 aliphatic heterocycles. The van der Waals surface area contributed by atoms with Crippen LogP contribution in [-0.2, 0) is 4.57 Å². The van der Waals surface area contributed by atoms with Gasteiger partial charge in [0.2, 0.25) is 0 Å². The second kappa shape index (κ2) is 5.43. The summed E-state index contributed by atoms with van der Waals surface area (Å²) >= 11 is 5.67. The molecule has 2 aromatic carbocycles. The van der Waals surface area contributed by atoms with Gasteiger partial charge in [0.25, 0.3) is 0 Å². The standard InChI is InChI=1S/C12H10ClO5P/c13-19(16,17-11-5-1-9(14)2-6-11)18-12-7-3-10(15)4-8-12/h1-8,14-15H. The molecule has 2 aromatic rings. The maximum Gasteiger partial charge on any atom is 0.530 e. The lowest BCUT2D eigenvalue weighted by Gasteiger charge is -2.13. The van der Waals surface area contributed by atoms with Gasteiger partial charge in [0.1, 0.15) is 23.0 Å². The van der Waals surface area contributed by atoms with Gasteiger partial charge in [-0.05, 0) is 48.5 Å². The smallest absolute Gasteiger partial charge is 0.508 e. The fraction of sp³-hybridized carbons (Fsp3) is 0. The van der Waals surface area contributed by atoms with Crippen LogP contribution in [0.1, 0.15) is 0 Å². The van der Waals surface area contributed by atoms with Crippen LogP contribution in [0.4, 0.5) is 0 Å². The minimum Gasteiger partial charge on any atom is -0.508 e. The summed E-state index contributed by atoms with van der Waals surface area (Å²) in [7, 11) is 0. The van der Waals surface area contributed by atoms with Crippen LogP contribution in [0.25, 0.3) is 0 Å². The Hall–Kier alpha value is -1.84. The Bertz CT molecular complexity index is 545. The van der Waals surface area contributed by atoms with Gasteiger partial charge >= 0.3 is 6.95 Å². The number of aromatic hydroxyl groups is 2. The number of rotatable bonds is 4. The van der Waals surface area contributed by atoms with Crippen molar-refractivity contribution in [1.29, 1.82) is 0 Å². The second-order valence-electron chi connectivity index (χ2n) is 3.60. The highest BCUT2D eigenvalue weighted by molar-refractivity contribution is 7.82. The largest absolute Gasteiger partial charge is 0.530 e. The maximum atomic E-state index is 11.9. The molecular weight excluding hydrogens is 291 g/mol. The Morgan fingerprint density at radius 1 is 0.789 bits per heavy atom. The van der Waals surface area contributed by atoms with Gasteiger partial charge < -0.3 is 19.3 Å². The number of halogens is 1. The first kappa shape index (κ1) is 13.6. The quantitative estimate of drug-likeness (QED) is 0.837. The SMILES string of the molecule is O=P(Cl)(Oc1ccc(O)cc1)Oc1ccc(O)cc1. The van der Waals surface area contributed by atoms with Crippen molar-refractivity contribution in [3.8, 4) is 23.0 Å². The lowest BCUT2D eigenvalue weighted by Crippen LogP contribution is -1.94. The summed E-state index contributed by atoms with van der Waals surface area (Å²) in [5.74, 6) is 0.511. The summed E-state index contributed by atoms with van der Waals surface area (Å²) < 4.78 is 22.0. The van der Waals surface area contributed by atoms with Crippen molar-refractivity contribution >= 4 is 18.2 Å². The van der Waals surface area contributed by atoms with Crippen LogP contribution >= 0.6 is 18.2 Å². The summed E-state index contributed by atoms with van der Waals surface area (Å²) in [6.45, 7) is -3.86. The Kier molecular flexibility index (Phi) is 3.88. The highest BCUT2D eigenvalue weighted by atomic mass is 35.7. The molecular formula is C12H10ClO5P. The molecule has 0 aliphatic rings. The molecule has 0 aromatic heterocycles. The Morgan fingerprint density at radius 2 is 1.11 bits per heavy atom. The van der Waals surface area contributed by atoms with Crippen molar-refractivity contribution in [3.63, 3.8) is 0 Å². The average Bonchev–Trinajstić information content (AvgIpc) is 2.34.